The summed E-state index contributed by atoms with van der Waals surface area (Å²) in [7, 11) is 7.28. The van der Waals surface area contributed by atoms with Gasteiger partial charge in [0.1, 0.15) is 13.6 Å². The highest BCUT2D eigenvalue weighted by molar-refractivity contribution is 6.32. The summed E-state index contributed by atoms with van der Waals surface area (Å²) in [4.78, 5) is 27.2. The first-order valence-corrected chi connectivity index (χ1v) is 8.66. The van der Waals surface area contributed by atoms with Crippen LogP contribution < -0.4 is 15.1 Å². The number of para-hydroxylation sites is 1. The van der Waals surface area contributed by atoms with Gasteiger partial charge in [0.15, 0.2) is 11.5 Å². The average molecular weight is 361 g/mol. The van der Waals surface area contributed by atoms with Gasteiger partial charge in [0.05, 0.1) is 18.7 Å². The third kappa shape index (κ3) is 3.23. The highest BCUT2D eigenvalue weighted by Crippen LogP contribution is 2.44. The summed E-state index contributed by atoms with van der Waals surface area (Å²) in [6, 6.07) is 13.1. The van der Waals surface area contributed by atoms with Gasteiger partial charge in [-0.2, -0.15) is 0 Å². The molecule has 1 N–H and O–H groups in total. The maximum Gasteiger partial charge on any atom is 0.294 e. The van der Waals surface area contributed by atoms with E-state index >= 15 is 0 Å². The first kappa shape index (κ1) is 18.8. The SMILES string of the molecule is [B]c1ccc(N2C(=O)C(O)=C(C(=O)C(C)C)C2c2ccccc2OC)cc1. The van der Waals surface area contributed by atoms with E-state index in [-0.39, 0.29) is 17.3 Å². The van der Waals surface area contributed by atoms with Crippen molar-refractivity contribution in [2.45, 2.75) is 19.9 Å². The van der Waals surface area contributed by atoms with E-state index in [1.165, 1.54) is 12.0 Å². The molecule has 0 fully saturated rings. The third-order valence-corrected chi connectivity index (χ3v) is 4.60. The number of ketones is 1. The highest BCUT2D eigenvalue weighted by Gasteiger charge is 2.45. The molecule has 1 atom stereocenters. The van der Waals surface area contributed by atoms with Crippen LogP contribution in [0.25, 0.3) is 0 Å². The van der Waals surface area contributed by atoms with Crippen molar-refractivity contribution in [3.05, 3.63) is 65.4 Å². The maximum absolute atomic E-state index is 12.9. The summed E-state index contributed by atoms with van der Waals surface area (Å²) >= 11 is 0. The van der Waals surface area contributed by atoms with Gasteiger partial charge >= 0.3 is 0 Å². The van der Waals surface area contributed by atoms with Crippen molar-refractivity contribution in [1.82, 2.24) is 0 Å². The van der Waals surface area contributed by atoms with Crippen molar-refractivity contribution in [3.63, 3.8) is 0 Å². The van der Waals surface area contributed by atoms with Crippen molar-refractivity contribution in [1.29, 1.82) is 0 Å². The van der Waals surface area contributed by atoms with Crippen molar-refractivity contribution >= 4 is 30.7 Å². The summed E-state index contributed by atoms with van der Waals surface area (Å²) in [6.45, 7) is 3.47. The Morgan fingerprint density at radius 3 is 2.37 bits per heavy atom. The van der Waals surface area contributed by atoms with E-state index in [0.717, 1.165) is 0 Å². The van der Waals surface area contributed by atoms with Crippen molar-refractivity contribution < 1.29 is 19.4 Å². The fourth-order valence-electron chi connectivity index (χ4n) is 3.26. The number of carbonyl (C=O) groups is 2. The van der Waals surface area contributed by atoms with Crippen LogP contribution in [0, 0.1) is 5.92 Å². The van der Waals surface area contributed by atoms with Gasteiger partial charge < -0.3 is 9.84 Å². The van der Waals surface area contributed by atoms with E-state index in [4.69, 9.17) is 12.6 Å². The molecule has 3 rings (SSSR count). The Morgan fingerprint density at radius 2 is 1.78 bits per heavy atom. The molecule has 2 aromatic carbocycles. The molecule has 2 radical (unpaired) electrons. The number of carbonyl (C=O) groups excluding carboxylic acids is 2. The van der Waals surface area contributed by atoms with Gasteiger partial charge in [0.25, 0.3) is 5.91 Å². The number of amides is 1. The zero-order valence-electron chi connectivity index (χ0n) is 15.5. The minimum atomic E-state index is -0.785. The quantitative estimate of drug-likeness (QED) is 0.832. The van der Waals surface area contributed by atoms with Crippen LogP contribution in [0.2, 0.25) is 0 Å². The number of ether oxygens (including phenoxy) is 1. The van der Waals surface area contributed by atoms with Crippen LogP contribution in [-0.4, -0.2) is 31.8 Å². The van der Waals surface area contributed by atoms with E-state index < -0.39 is 17.7 Å². The van der Waals surface area contributed by atoms with Crippen LogP contribution in [0.15, 0.2) is 59.9 Å². The molecule has 1 aliphatic heterocycles. The second-order valence-electron chi connectivity index (χ2n) is 6.69. The standard InChI is InChI=1S/C21H20BNO4/c1-12(2)19(24)17-18(15-6-4-5-7-16(15)27-3)23(21(26)20(17)25)14-10-8-13(22)9-11-14/h4-12,18,25H,1-3H3. The lowest BCUT2D eigenvalue weighted by atomic mass is 9.90. The number of nitrogens with zero attached hydrogens (tertiary/aromatic N) is 1. The van der Waals surface area contributed by atoms with Crippen molar-refractivity contribution in [2.24, 2.45) is 5.92 Å². The van der Waals surface area contributed by atoms with Gasteiger partial charge in [-0.3, -0.25) is 14.5 Å². The number of benzene rings is 2. The van der Waals surface area contributed by atoms with Gasteiger partial charge in [-0.25, -0.2) is 0 Å². The van der Waals surface area contributed by atoms with E-state index in [2.05, 4.69) is 0 Å². The molecule has 1 heterocycles. The molecule has 2 aromatic rings. The number of aliphatic hydroxyl groups is 1. The summed E-state index contributed by atoms with van der Waals surface area (Å²) < 4.78 is 5.45. The van der Waals surface area contributed by atoms with Crippen LogP contribution >= 0.6 is 0 Å². The van der Waals surface area contributed by atoms with Gasteiger partial charge in [-0.15, -0.1) is 0 Å². The minimum Gasteiger partial charge on any atom is -0.503 e. The molecule has 0 spiro atoms. The Balaban J connectivity index is 2.23. The zero-order chi connectivity index (χ0) is 19.7. The molecule has 1 amide bonds. The fourth-order valence-corrected chi connectivity index (χ4v) is 3.26. The number of hydrogen-bond acceptors (Lipinski definition) is 4. The lowest BCUT2D eigenvalue weighted by Crippen LogP contribution is -2.32. The molecular weight excluding hydrogens is 341 g/mol. The second kappa shape index (κ2) is 7.31. The van der Waals surface area contributed by atoms with Crippen molar-refractivity contribution in [3.8, 4) is 5.75 Å². The van der Waals surface area contributed by atoms with Crippen molar-refractivity contribution in [2.75, 3.05) is 12.0 Å². The molecule has 136 valence electrons. The summed E-state index contributed by atoms with van der Waals surface area (Å²) in [5.41, 5.74) is 1.78. The smallest absolute Gasteiger partial charge is 0.294 e. The number of rotatable bonds is 5. The largest absolute Gasteiger partial charge is 0.503 e. The summed E-state index contributed by atoms with van der Waals surface area (Å²) in [6.07, 6.45) is 0. The first-order valence-electron chi connectivity index (χ1n) is 8.66. The Labute approximate surface area is 159 Å². The van der Waals surface area contributed by atoms with Gasteiger partial charge in [0, 0.05) is 17.2 Å². The lowest BCUT2D eigenvalue weighted by Gasteiger charge is -2.28. The van der Waals surface area contributed by atoms with Gasteiger partial charge in [0.2, 0.25) is 0 Å². The van der Waals surface area contributed by atoms with Gasteiger partial charge in [-0.05, 0) is 18.2 Å². The summed E-state index contributed by atoms with van der Waals surface area (Å²) in [5, 5.41) is 10.6. The minimum absolute atomic E-state index is 0.0799. The molecule has 5 nitrogen and oxygen atoms in total. The Hall–Kier alpha value is -3.02. The summed E-state index contributed by atoms with van der Waals surface area (Å²) in [5.74, 6) is -1.28. The zero-order valence-corrected chi connectivity index (χ0v) is 15.5. The van der Waals surface area contributed by atoms with E-state index in [9.17, 15) is 14.7 Å². The number of Topliss-reactive ketones (excluding diaryl/α,β-unsaturated/α-hetero) is 1. The van der Waals surface area contributed by atoms with Crippen LogP contribution in [0.1, 0.15) is 25.5 Å². The van der Waals surface area contributed by atoms with Gasteiger partial charge in [-0.1, -0.05) is 49.6 Å². The highest BCUT2D eigenvalue weighted by atomic mass is 16.5. The normalized spacial score (nSPS) is 17.0. The molecular formula is C21H20BNO4. The topological polar surface area (TPSA) is 66.8 Å². The molecule has 27 heavy (non-hydrogen) atoms. The van der Waals surface area contributed by atoms with E-state index in [0.29, 0.717) is 22.5 Å². The number of hydrogen-bond donors (Lipinski definition) is 1. The third-order valence-electron chi connectivity index (χ3n) is 4.60. The Morgan fingerprint density at radius 1 is 1.15 bits per heavy atom. The second-order valence-corrected chi connectivity index (χ2v) is 6.69. The maximum atomic E-state index is 12.9. The molecule has 0 saturated carbocycles. The Kier molecular flexibility index (Phi) is 5.08. The van der Waals surface area contributed by atoms with Crippen LogP contribution in [0.4, 0.5) is 5.69 Å². The predicted molar refractivity (Wildman–Crippen MR) is 105 cm³/mol. The Bertz CT molecular complexity index is 918. The molecule has 6 heteroatoms. The number of anilines is 1. The molecule has 0 bridgehead atoms. The lowest BCUT2D eigenvalue weighted by molar-refractivity contribution is -0.119. The first-order chi connectivity index (χ1) is 12.9. The number of aliphatic hydroxyl groups excluding tert-OH is 1. The molecule has 0 saturated heterocycles. The monoisotopic (exact) mass is 361 g/mol. The molecule has 1 unspecified atom stereocenters. The number of methoxy groups -OCH3 is 1. The van der Waals surface area contributed by atoms with E-state index in [1.54, 1.807) is 62.4 Å². The van der Waals surface area contributed by atoms with Crippen LogP contribution in [0.3, 0.4) is 0 Å². The fraction of sp³-hybridized carbons (Fsp3) is 0.238. The average Bonchev–Trinajstić information content (AvgIpc) is 2.92. The van der Waals surface area contributed by atoms with Crippen LogP contribution in [0.5, 0.6) is 5.75 Å². The molecule has 0 aromatic heterocycles. The van der Waals surface area contributed by atoms with E-state index in [1.807, 2.05) is 0 Å². The predicted octanol–water partition coefficient (Wildman–Crippen LogP) is 2.61. The molecule has 0 aliphatic carbocycles. The van der Waals surface area contributed by atoms with Crippen LogP contribution in [-0.2, 0) is 9.59 Å². The molecule has 1 aliphatic rings.